The van der Waals surface area contributed by atoms with Crippen molar-refractivity contribution in [1.29, 1.82) is 0 Å². The predicted octanol–water partition coefficient (Wildman–Crippen LogP) is 4.94. The largest absolute Gasteiger partial charge is 0.493 e. The van der Waals surface area contributed by atoms with Crippen molar-refractivity contribution in [3.8, 4) is 11.5 Å². The van der Waals surface area contributed by atoms with E-state index in [0.717, 1.165) is 22.5 Å². The number of amides is 1. The summed E-state index contributed by atoms with van der Waals surface area (Å²) in [5.74, 6) is 0.970. The Bertz CT molecular complexity index is 1090. The first-order valence-electron chi connectivity index (χ1n) is 9.32. The normalized spacial score (nSPS) is 14.1. The lowest BCUT2D eigenvalue weighted by Crippen LogP contribution is -2.10. The number of hydrogen-bond donors (Lipinski definition) is 2. The zero-order chi connectivity index (χ0) is 20.4. The molecular weight excluding hydrogens is 364 g/mol. The van der Waals surface area contributed by atoms with Crippen molar-refractivity contribution in [3.63, 3.8) is 0 Å². The zero-order valence-corrected chi connectivity index (χ0v) is 16.6. The average Bonchev–Trinajstić information content (AvgIpc) is 3.07. The van der Waals surface area contributed by atoms with Gasteiger partial charge in [-0.05, 0) is 30.7 Å². The number of carbonyl (C=O) groups is 1. The molecule has 1 aliphatic rings. The first kappa shape index (κ1) is 18.6. The van der Waals surface area contributed by atoms with Gasteiger partial charge in [0, 0.05) is 17.3 Å². The maximum atomic E-state index is 13.0. The van der Waals surface area contributed by atoms with E-state index in [0.29, 0.717) is 22.8 Å². The Hall–Kier alpha value is -3.73. The number of hydrogen-bond acceptors (Lipinski definition) is 4. The van der Waals surface area contributed by atoms with Crippen LogP contribution in [0, 0.1) is 6.92 Å². The van der Waals surface area contributed by atoms with Crippen molar-refractivity contribution in [2.75, 3.05) is 24.9 Å². The fourth-order valence-corrected chi connectivity index (χ4v) is 3.41. The molecule has 0 radical (unpaired) electrons. The topological polar surface area (TPSA) is 59.6 Å². The van der Waals surface area contributed by atoms with Crippen LogP contribution in [-0.2, 0) is 4.79 Å². The summed E-state index contributed by atoms with van der Waals surface area (Å²) in [6, 6.07) is 21.5. The van der Waals surface area contributed by atoms with Crippen molar-refractivity contribution >= 4 is 28.6 Å². The van der Waals surface area contributed by atoms with E-state index < -0.39 is 0 Å². The van der Waals surface area contributed by atoms with E-state index in [1.807, 2.05) is 67.6 Å². The van der Waals surface area contributed by atoms with Crippen molar-refractivity contribution in [2.24, 2.45) is 0 Å². The lowest BCUT2D eigenvalue weighted by Gasteiger charge is -2.15. The molecule has 3 aromatic carbocycles. The summed E-state index contributed by atoms with van der Waals surface area (Å²) in [7, 11) is 3.16. The van der Waals surface area contributed by atoms with Crippen molar-refractivity contribution < 1.29 is 14.3 Å². The average molecular weight is 386 g/mol. The molecule has 146 valence electrons. The molecule has 0 aromatic heterocycles. The Morgan fingerprint density at radius 2 is 1.55 bits per heavy atom. The van der Waals surface area contributed by atoms with Crippen LogP contribution in [0.4, 0.5) is 11.4 Å². The number of fused-ring (bicyclic) bond motifs is 1. The molecule has 0 atom stereocenters. The third-order valence-corrected chi connectivity index (χ3v) is 4.90. The summed E-state index contributed by atoms with van der Waals surface area (Å²) in [6.45, 7) is 2.04. The molecule has 3 aromatic rings. The fraction of sp³-hybridized carbons (Fsp3) is 0.125. The molecule has 0 saturated carbocycles. The molecular formula is C24H22N2O3. The highest BCUT2D eigenvalue weighted by Gasteiger charge is 2.30. The number of aryl methyl sites for hydroxylation is 1. The molecule has 5 nitrogen and oxygen atoms in total. The van der Waals surface area contributed by atoms with Gasteiger partial charge in [-0.25, -0.2) is 0 Å². The Morgan fingerprint density at radius 1 is 0.897 bits per heavy atom. The molecule has 1 aliphatic heterocycles. The Balaban J connectivity index is 1.91. The molecule has 0 aliphatic carbocycles. The van der Waals surface area contributed by atoms with Crippen LogP contribution in [0.5, 0.6) is 11.5 Å². The first-order valence-corrected chi connectivity index (χ1v) is 9.32. The summed E-state index contributed by atoms with van der Waals surface area (Å²) < 4.78 is 10.8. The van der Waals surface area contributed by atoms with Gasteiger partial charge in [-0.3, -0.25) is 4.79 Å². The zero-order valence-electron chi connectivity index (χ0n) is 16.6. The molecule has 0 saturated heterocycles. The number of carbonyl (C=O) groups excluding carboxylic acids is 1. The van der Waals surface area contributed by atoms with Crippen molar-refractivity contribution in [3.05, 3.63) is 83.4 Å². The van der Waals surface area contributed by atoms with Gasteiger partial charge in [-0.1, -0.05) is 48.0 Å². The molecule has 2 N–H and O–H groups in total. The molecule has 0 spiro atoms. The van der Waals surface area contributed by atoms with Crippen LogP contribution in [0.25, 0.3) is 11.3 Å². The minimum Gasteiger partial charge on any atom is -0.493 e. The summed E-state index contributed by atoms with van der Waals surface area (Å²) in [5.41, 5.74) is 5.76. The van der Waals surface area contributed by atoms with Crippen LogP contribution in [0.1, 0.15) is 16.7 Å². The number of rotatable bonds is 5. The minimum absolute atomic E-state index is 0.172. The van der Waals surface area contributed by atoms with E-state index in [-0.39, 0.29) is 5.91 Å². The maximum Gasteiger partial charge on any atom is 0.258 e. The number of anilines is 2. The van der Waals surface area contributed by atoms with Gasteiger partial charge in [0.05, 0.1) is 31.2 Å². The van der Waals surface area contributed by atoms with E-state index in [4.69, 9.17) is 9.47 Å². The van der Waals surface area contributed by atoms with Crippen LogP contribution >= 0.6 is 0 Å². The third kappa shape index (κ3) is 3.55. The molecule has 1 heterocycles. The molecule has 5 heteroatoms. The summed E-state index contributed by atoms with van der Waals surface area (Å²) in [5, 5.41) is 6.39. The van der Waals surface area contributed by atoms with E-state index in [1.54, 1.807) is 20.3 Å². The van der Waals surface area contributed by atoms with Gasteiger partial charge in [-0.15, -0.1) is 0 Å². The van der Waals surface area contributed by atoms with Gasteiger partial charge in [0.15, 0.2) is 11.5 Å². The van der Waals surface area contributed by atoms with Crippen LogP contribution in [0.3, 0.4) is 0 Å². The monoisotopic (exact) mass is 386 g/mol. The molecule has 1 amide bonds. The van der Waals surface area contributed by atoms with Gasteiger partial charge in [0.2, 0.25) is 0 Å². The summed E-state index contributed by atoms with van der Waals surface area (Å²) in [6.07, 6.45) is 0. The number of methoxy groups -OCH3 is 2. The van der Waals surface area contributed by atoms with Crippen molar-refractivity contribution in [2.45, 2.75) is 6.92 Å². The third-order valence-electron chi connectivity index (χ3n) is 4.90. The van der Waals surface area contributed by atoms with Crippen molar-refractivity contribution in [1.82, 2.24) is 0 Å². The fourth-order valence-electron chi connectivity index (χ4n) is 3.41. The van der Waals surface area contributed by atoms with Gasteiger partial charge in [0.25, 0.3) is 5.91 Å². The Kier molecular flexibility index (Phi) is 4.96. The van der Waals surface area contributed by atoms with E-state index >= 15 is 0 Å². The standard InChI is InChI=1S/C24H22N2O3/c1-15-9-11-17(12-10-15)25-23(16-7-5-4-6-8-16)22-18-13-20(28-2)21(29-3)14-19(18)26-24(22)27/h4-14,25H,1-3H3,(H,26,27). The predicted molar refractivity (Wildman–Crippen MR) is 116 cm³/mol. The Labute approximate surface area is 170 Å². The van der Waals surface area contributed by atoms with Gasteiger partial charge < -0.3 is 20.1 Å². The number of ether oxygens (including phenoxy) is 2. The molecule has 29 heavy (non-hydrogen) atoms. The van der Waals surface area contributed by atoms with Crippen LogP contribution in [-0.4, -0.2) is 20.1 Å². The lowest BCUT2D eigenvalue weighted by molar-refractivity contribution is -0.110. The molecule has 0 unspecified atom stereocenters. The highest BCUT2D eigenvalue weighted by molar-refractivity contribution is 6.37. The second-order valence-electron chi connectivity index (χ2n) is 6.81. The molecule has 0 fully saturated rings. The van der Waals surface area contributed by atoms with E-state index in [1.165, 1.54) is 5.56 Å². The quantitative estimate of drug-likeness (QED) is 0.610. The molecule has 4 rings (SSSR count). The number of benzene rings is 3. The summed E-state index contributed by atoms with van der Waals surface area (Å²) in [4.78, 5) is 13.0. The smallest absolute Gasteiger partial charge is 0.258 e. The summed E-state index contributed by atoms with van der Waals surface area (Å²) >= 11 is 0. The number of nitrogens with one attached hydrogen (secondary N) is 2. The lowest BCUT2D eigenvalue weighted by atomic mass is 9.99. The Morgan fingerprint density at radius 3 is 2.21 bits per heavy atom. The van der Waals surface area contributed by atoms with E-state index in [2.05, 4.69) is 10.6 Å². The minimum atomic E-state index is -0.172. The second kappa shape index (κ2) is 7.72. The SMILES string of the molecule is COc1cc2c(cc1OC)C(=C(Nc1ccc(C)cc1)c1ccccc1)C(=O)N2. The van der Waals surface area contributed by atoms with Gasteiger partial charge >= 0.3 is 0 Å². The van der Waals surface area contributed by atoms with Gasteiger partial charge in [0.1, 0.15) is 0 Å². The van der Waals surface area contributed by atoms with Crippen LogP contribution in [0.15, 0.2) is 66.7 Å². The first-order chi connectivity index (χ1) is 14.1. The maximum absolute atomic E-state index is 13.0. The van der Waals surface area contributed by atoms with E-state index in [9.17, 15) is 4.79 Å². The van der Waals surface area contributed by atoms with Crippen LogP contribution in [0.2, 0.25) is 0 Å². The second-order valence-corrected chi connectivity index (χ2v) is 6.81. The van der Waals surface area contributed by atoms with Crippen LogP contribution < -0.4 is 20.1 Å². The van der Waals surface area contributed by atoms with Gasteiger partial charge in [-0.2, -0.15) is 0 Å². The highest BCUT2D eigenvalue weighted by Crippen LogP contribution is 2.43. The highest BCUT2D eigenvalue weighted by atomic mass is 16.5. The molecule has 0 bridgehead atoms.